The summed E-state index contributed by atoms with van der Waals surface area (Å²) >= 11 is 0. The first-order chi connectivity index (χ1) is 10.2. The van der Waals surface area contributed by atoms with Gasteiger partial charge < -0.3 is 4.90 Å². The minimum absolute atomic E-state index is 0.0801. The van der Waals surface area contributed by atoms with E-state index in [1.807, 2.05) is 0 Å². The smallest absolute Gasteiger partial charge is 0.241 e. The van der Waals surface area contributed by atoms with Crippen molar-refractivity contribution in [2.45, 2.75) is 89.5 Å². The standard InChI is InChI=1S/C17H31N3O/c1-3-5-7-15-17(21)20(16(18-15)6-4-2)14-10-11-19(12-14)13-8-9-13/h13-16,18H,3-12H2,1-2H3. The van der Waals surface area contributed by atoms with E-state index in [4.69, 9.17) is 0 Å². The van der Waals surface area contributed by atoms with E-state index < -0.39 is 0 Å². The minimum Gasteiger partial charge on any atom is -0.321 e. The molecule has 0 aromatic carbocycles. The van der Waals surface area contributed by atoms with Crippen molar-refractivity contribution in [1.82, 2.24) is 15.1 Å². The molecule has 2 heterocycles. The average Bonchev–Trinajstić information content (AvgIpc) is 3.14. The number of carbonyl (C=O) groups excluding carboxylic acids is 1. The van der Waals surface area contributed by atoms with E-state index in [1.165, 1.54) is 32.2 Å². The Morgan fingerprint density at radius 2 is 1.90 bits per heavy atom. The predicted octanol–water partition coefficient (Wildman–Crippen LogP) is 2.34. The predicted molar refractivity (Wildman–Crippen MR) is 85.0 cm³/mol. The van der Waals surface area contributed by atoms with Crippen molar-refractivity contribution < 1.29 is 4.79 Å². The van der Waals surface area contributed by atoms with Gasteiger partial charge in [0.1, 0.15) is 0 Å². The number of rotatable bonds is 7. The van der Waals surface area contributed by atoms with Crippen LogP contribution in [0.1, 0.15) is 65.2 Å². The van der Waals surface area contributed by atoms with Crippen molar-refractivity contribution in [1.29, 1.82) is 0 Å². The lowest BCUT2D eigenvalue weighted by Gasteiger charge is -2.30. The summed E-state index contributed by atoms with van der Waals surface area (Å²) in [7, 11) is 0. The first-order valence-electron chi connectivity index (χ1n) is 9.06. The third kappa shape index (κ3) is 3.26. The van der Waals surface area contributed by atoms with E-state index in [9.17, 15) is 4.79 Å². The second kappa shape index (κ2) is 6.66. The molecule has 2 saturated heterocycles. The topological polar surface area (TPSA) is 35.6 Å². The van der Waals surface area contributed by atoms with Crippen molar-refractivity contribution in [3.8, 4) is 0 Å². The Balaban J connectivity index is 1.64. The number of likely N-dealkylation sites (tertiary alicyclic amines) is 1. The zero-order valence-electron chi connectivity index (χ0n) is 13.7. The van der Waals surface area contributed by atoms with E-state index in [-0.39, 0.29) is 12.2 Å². The highest BCUT2D eigenvalue weighted by Gasteiger charge is 2.45. The molecule has 3 aliphatic rings. The van der Waals surface area contributed by atoms with Crippen LogP contribution in [0.3, 0.4) is 0 Å². The second-order valence-electron chi connectivity index (χ2n) is 7.08. The Labute approximate surface area is 129 Å². The van der Waals surface area contributed by atoms with Gasteiger partial charge in [-0.25, -0.2) is 0 Å². The lowest BCUT2D eigenvalue weighted by atomic mass is 10.1. The van der Waals surface area contributed by atoms with E-state index in [1.54, 1.807) is 0 Å². The monoisotopic (exact) mass is 293 g/mol. The quantitative estimate of drug-likeness (QED) is 0.782. The molecule has 0 spiro atoms. The Morgan fingerprint density at radius 1 is 1.10 bits per heavy atom. The summed E-state index contributed by atoms with van der Waals surface area (Å²) in [6.45, 7) is 6.72. The van der Waals surface area contributed by atoms with Gasteiger partial charge in [-0.05, 0) is 32.1 Å². The summed E-state index contributed by atoms with van der Waals surface area (Å²) < 4.78 is 0. The molecule has 1 amide bonds. The molecule has 120 valence electrons. The molecule has 4 nitrogen and oxygen atoms in total. The van der Waals surface area contributed by atoms with Crippen LogP contribution in [-0.2, 0) is 4.79 Å². The zero-order valence-corrected chi connectivity index (χ0v) is 13.7. The van der Waals surface area contributed by atoms with Crippen LogP contribution in [0.15, 0.2) is 0 Å². The van der Waals surface area contributed by atoms with Crippen LogP contribution < -0.4 is 5.32 Å². The van der Waals surface area contributed by atoms with Gasteiger partial charge in [0.2, 0.25) is 5.91 Å². The van der Waals surface area contributed by atoms with Gasteiger partial charge in [0, 0.05) is 25.2 Å². The largest absolute Gasteiger partial charge is 0.321 e. The van der Waals surface area contributed by atoms with Gasteiger partial charge >= 0.3 is 0 Å². The summed E-state index contributed by atoms with van der Waals surface area (Å²) in [5, 5.41) is 3.62. The van der Waals surface area contributed by atoms with Gasteiger partial charge in [-0.15, -0.1) is 0 Å². The highest BCUT2D eigenvalue weighted by Crippen LogP contribution is 2.33. The normalized spacial score (nSPS) is 34.1. The van der Waals surface area contributed by atoms with Gasteiger partial charge in [0.15, 0.2) is 0 Å². The SMILES string of the molecule is CCCCC1NC(CCC)N(C2CCN(C3CC3)C2)C1=O. The molecule has 3 fully saturated rings. The Hall–Kier alpha value is -0.610. The number of unbranched alkanes of at least 4 members (excludes halogenated alkanes) is 1. The Morgan fingerprint density at radius 3 is 2.57 bits per heavy atom. The molecule has 21 heavy (non-hydrogen) atoms. The van der Waals surface area contributed by atoms with Crippen LogP contribution in [0.25, 0.3) is 0 Å². The molecule has 0 radical (unpaired) electrons. The van der Waals surface area contributed by atoms with Gasteiger partial charge in [-0.2, -0.15) is 0 Å². The molecule has 1 aliphatic carbocycles. The molecule has 3 rings (SSSR count). The molecule has 0 aromatic rings. The van der Waals surface area contributed by atoms with E-state index in [0.717, 1.165) is 38.3 Å². The Kier molecular flexibility index (Phi) is 4.85. The Bertz CT molecular complexity index is 369. The lowest BCUT2D eigenvalue weighted by molar-refractivity contribution is -0.132. The number of hydrogen-bond acceptors (Lipinski definition) is 3. The van der Waals surface area contributed by atoms with Crippen molar-refractivity contribution in [2.24, 2.45) is 0 Å². The van der Waals surface area contributed by atoms with Gasteiger partial charge in [0.05, 0.1) is 12.2 Å². The maximum absolute atomic E-state index is 12.8. The van der Waals surface area contributed by atoms with Crippen LogP contribution in [0.2, 0.25) is 0 Å². The second-order valence-corrected chi connectivity index (χ2v) is 7.08. The van der Waals surface area contributed by atoms with E-state index in [2.05, 4.69) is 29.0 Å². The third-order valence-electron chi connectivity index (χ3n) is 5.34. The van der Waals surface area contributed by atoms with Crippen LogP contribution in [0.4, 0.5) is 0 Å². The fourth-order valence-corrected chi connectivity index (χ4v) is 4.03. The molecular weight excluding hydrogens is 262 g/mol. The fourth-order valence-electron chi connectivity index (χ4n) is 4.03. The molecule has 0 aromatic heterocycles. The van der Waals surface area contributed by atoms with Crippen molar-refractivity contribution in [3.63, 3.8) is 0 Å². The fraction of sp³-hybridized carbons (Fsp3) is 0.941. The molecule has 3 atom stereocenters. The summed E-state index contributed by atoms with van der Waals surface area (Å²) in [6.07, 6.45) is 9.75. The maximum Gasteiger partial charge on any atom is 0.241 e. The van der Waals surface area contributed by atoms with Crippen LogP contribution >= 0.6 is 0 Å². The lowest BCUT2D eigenvalue weighted by Crippen LogP contribution is -2.46. The van der Waals surface area contributed by atoms with E-state index in [0.29, 0.717) is 11.9 Å². The molecule has 0 bridgehead atoms. The number of carbonyl (C=O) groups is 1. The maximum atomic E-state index is 12.8. The first kappa shape index (κ1) is 15.3. The first-order valence-corrected chi connectivity index (χ1v) is 9.06. The minimum atomic E-state index is 0.0801. The third-order valence-corrected chi connectivity index (χ3v) is 5.34. The number of amides is 1. The zero-order chi connectivity index (χ0) is 14.8. The summed E-state index contributed by atoms with van der Waals surface area (Å²) in [5.41, 5.74) is 0. The van der Waals surface area contributed by atoms with Crippen molar-refractivity contribution in [2.75, 3.05) is 13.1 Å². The summed E-state index contributed by atoms with van der Waals surface area (Å²) in [5.74, 6) is 0.379. The van der Waals surface area contributed by atoms with Crippen LogP contribution in [-0.4, -0.2) is 53.1 Å². The number of hydrogen-bond donors (Lipinski definition) is 1. The van der Waals surface area contributed by atoms with Gasteiger partial charge in [0.25, 0.3) is 0 Å². The number of nitrogens with zero attached hydrogens (tertiary/aromatic N) is 2. The molecule has 2 aliphatic heterocycles. The molecule has 1 N–H and O–H groups in total. The summed E-state index contributed by atoms with van der Waals surface area (Å²) in [6, 6.07) is 1.37. The van der Waals surface area contributed by atoms with Crippen LogP contribution in [0.5, 0.6) is 0 Å². The van der Waals surface area contributed by atoms with Gasteiger partial charge in [-0.1, -0.05) is 33.1 Å². The van der Waals surface area contributed by atoms with Gasteiger partial charge in [-0.3, -0.25) is 15.0 Å². The summed E-state index contributed by atoms with van der Waals surface area (Å²) in [4.78, 5) is 17.7. The highest BCUT2D eigenvalue weighted by molar-refractivity contribution is 5.84. The highest BCUT2D eigenvalue weighted by atomic mass is 16.2. The number of nitrogens with one attached hydrogen (secondary N) is 1. The molecule has 3 unspecified atom stereocenters. The van der Waals surface area contributed by atoms with Crippen molar-refractivity contribution in [3.05, 3.63) is 0 Å². The average molecular weight is 293 g/mol. The van der Waals surface area contributed by atoms with Crippen molar-refractivity contribution >= 4 is 5.91 Å². The van der Waals surface area contributed by atoms with E-state index >= 15 is 0 Å². The molecule has 1 saturated carbocycles. The van der Waals surface area contributed by atoms with Crippen LogP contribution in [0, 0.1) is 0 Å². The molecular formula is C17H31N3O. The molecule has 4 heteroatoms.